The zero-order valence-electron chi connectivity index (χ0n) is 15.4. The van der Waals surface area contributed by atoms with Gasteiger partial charge in [-0.3, -0.25) is 9.69 Å². The number of methoxy groups -OCH3 is 2. The summed E-state index contributed by atoms with van der Waals surface area (Å²) in [5, 5.41) is 3.61. The van der Waals surface area contributed by atoms with E-state index in [0.717, 1.165) is 24.9 Å². The fourth-order valence-electron chi connectivity index (χ4n) is 3.44. The Labute approximate surface area is 152 Å². The predicted molar refractivity (Wildman–Crippen MR) is 99.7 cm³/mol. The molecule has 1 amide bonds. The van der Waals surface area contributed by atoms with Gasteiger partial charge in [0.1, 0.15) is 11.4 Å². The first-order chi connectivity index (χ1) is 12.5. The number of hydrogen-bond donors (Lipinski definition) is 2. The fraction of sp³-hybridized carbons (Fsp3) is 0.474. The molecule has 1 aromatic heterocycles. The van der Waals surface area contributed by atoms with E-state index in [2.05, 4.69) is 22.1 Å². The minimum absolute atomic E-state index is 0.146. The number of carbonyl (C=O) groups is 2. The molecule has 0 bridgehead atoms. The van der Waals surface area contributed by atoms with E-state index in [1.807, 2.05) is 6.07 Å². The minimum Gasteiger partial charge on any atom is -0.497 e. The Morgan fingerprint density at radius 2 is 2.12 bits per heavy atom. The van der Waals surface area contributed by atoms with Gasteiger partial charge in [-0.2, -0.15) is 0 Å². The molecule has 1 aliphatic rings. The molecule has 1 aromatic carbocycles. The van der Waals surface area contributed by atoms with Gasteiger partial charge in [-0.25, -0.2) is 4.79 Å². The highest BCUT2D eigenvalue weighted by Crippen LogP contribution is 2.31. The summed E-state index contributed by atoms with van der Waals surface area (Å²) in [5.74, 6) is -0.0255. The molecule has 2 aromatic rings. The molecule has 140 valence electrons. The highest BCUT2D eigenvalue weighted by atomic mass is 16.5. The van der Waals surface area contributed by atoms with E-state index in [1.54, 1.807) is 19.2 Å². The predicted octanol–water partition coefficient (Wildman–Crippen LogP) is 2.78. The van der Waals surface area contributed by atoms with E-state index in [1.165, 1.54) is 13.5 Å². The topological polar surface area (TPSA) is 83.7 Å². The van der Waals surface area contributed by atoms with Gasteiger partial charge in [-0.15, -0.1) is 0 Å². The Balaban J connectivity index is 1.88. The highest BCUT2D eigenvalue weighted by Gasteiger charge is 2.24. The number of carbonyl (C=O) groups excluding carboxylic acids is 2. The average Bonchev–Trinajstić information content (AvgIpc) is 3.00. The molecule has 7 heteroatoms. The molecule has 26 heavy (non-hydrogen) atoms. The largest absolute Gasteiger partial charge is 0.497 e. The zero-order valence-corrected chi connectivity index (χ0v) is 15.4. The third-order valence-corrected chi connectivity index (χ3v) is 4.95. The number of amides is 1. The Morgan fingerprint density at radius 1 is 1.31 bits per heavy atom. The summed E-state index contributed by atoms with van der Waals surface area (Å²) in [7, 11) is 2.89. The first-order valence-corrected chi connectivity index (χ1v) is 8.85. The number of ether oxygens (including phenoxy) is 2. The number of hydrogen-bond acceptors (Lipinski definition) is 5. The average molecular weight is 359 g/mol. The minimum atomic E-state index is -0.526. The summed E-state index contributed by atoms with van der Waals surface area (Å²) in [5.41, 5.74) is 1.39. The first kappa shape index (κ1) is 18.3. The molecule has 0 saturated carbocycles. The molecule has 0 spiro atoms. The number of anilines is 1. The van der Waals surface area contributed by atoms with Gasteiger partial charge in [-0.05, 0) is 44.5 Å². The third kappa shape index (κ3) is 3.67. The number of aromatic amines is 1. The lowest BCUT2D eigenvalue weighted by Gasteiger charge is -2.32. The summed E-state index contributed by atoms with van der Waals surface area (Å²) in [6.07, 6.45) is 3.41. The summed E-state index contributed by atoms with van der Waals surface area (Å²) < 4.78 is 10.1. The molecule has 1 fully saturated rings. The fourth-order valence-corrected chi connectivity index (χ4v) is 3.44. The summed E-state index contributed by atoms with van der Waals surface area (Å²) in [4.78, 5) is 30.0. The number of nitrogens with zero attached hydrogens (tertiary/aromatic N) is 1. The molecule has 2 heterocycles. The summed E-state index contributed by atoms with van der Waals surface area (Å²) in [6, 6.07) is 5.78. The maximum Gasteiger partial charge on any atom is 0.356 e. The number of H-pyrrole nitrogens is 1. The van der Waals surface area contributed by atoms with Crippen LogP contribution in [0.4, 0.5) is 5.69 Å². The molecule has 2 N–H and O–H groups in total. The van der Waals surface area contributed by atoms with Crippen molar-refractivity contribution in [3.8, 4) is 5.75 Å². The Hall–Kier alpha value is -2.54. The molecule has 1 atom stereocenters. The number of esters is 1. The van der Waals surface area contributed by atoms with Crippen molar-refractivity contribution in [3.05, 3.63) is 23.9 Å². The maximum absolute atomic E-state index is 12.6. The van der Waals surface area contributed by atoms with Crippen LogP contribution in [0.15, 0.2) is 18.2 Å². The van der Waals surface area contributed by atoms with Crippen LogP contribution in [-0.2, 0) is 9.53 Å². The van der Waals surface area contributed by atoms with Crippen molar-refractivity contribution in [1.29, 1.82) is 0 Å². The number of piperidine rings is 1. The molecule has 1 saturated heterocycles. The van der Waals surface area contributed by atoms with Gasteiger partial charge < -0.3 is 19.8 Å². The van der Waals surface area contributed by atoms with Gasteiger partial charge >= 0.3 is 5.97 Å². The molecular formula is C19H25N3O4. The standard InChI is InChI=1S/C19H25N3O4/c1-12-6-4-5-9-22(12)11-16(23)21-17-14-10-13(25-2)7-8-15(14)20-18(17)19(24)26-3/h7-8,10,12,20H,4-6,9,11H2,1-3H3,(H,21,23)/t12-/m1/s1. The third-order valence-electron chi connectivity index (χ3n) is 4.95. The Kier molecular flexibility index (Phi) is 5.46. The first-order valence-electron chi connectivity index (χ1n) is 8.85. The SMILES string of the molecule is COC(=O)c1[nH]c2ccc(OC)cc2c1NC(=O)CN1CCCC[C@H]1C. The van der Waals surface area contributed by atoms with Crippen molar-refractivity contribution in [3.63, 3.8) is 0 Å². The van der Waals surface area contributed by atoms with Crippen LogP contribution in [0.2, 0.25) is 0 Å². The van der Waals surface area contributed by atoms with E-state index in [4.69, 9.17) is 9.47 Å². The Bertz CT molecular complexity index is 814. The molecule has 0 radical (unpaired) electrons. The van der Waals surface area contributed by atoms with Gasteiger partial charge in [0.05, 0.1) is 26.5 Å². The van der Waals surface area contributed by atoms with E-state index < -0.39 is 5.97 Å². The number of nitrogens with one attached hydrogen (secondary N) is 2. The van der Waals surface area contributed by atoms with Crippen LogP contribution in [0.5, 0.6) is 5.75 Å². The second-order valence-corrected chi connectivity index (χ2v) is 6.64. The van der Waals surface area contributed by atoms with E-state index >= 15 is 0 Å². The molecule has 0 aliphatic carbocycles. The Morgan fingerprint density at radius 3 is 2.81 bits per heavy atom. The van der Waals surface area contributed by atoms with Crippen LogP contribution >= 0.6 is 0 Å². The number of aromatic nitrogens is 1. The molecule has 1 aliphatic heterocycles. The quantitative estimate of drug-likeness (QED) is 0.802. The van der Waals surface area contributed by atoms with Gasteiger partial charge in [-0.1, -0.05) is 6.42 Å². The van der Waals surface area contributed by atoms with Crippen molar-refractivity contribution in [2.75, 3.05) is 32.6 Å². The van der Waals surface area contributed by atoms with Gasteiger partial charge in [0, 0.05) is 16.9 Å². The number of fused-ring (bicyclic) bond motifs is 1. The van der Waals surface area contributed by atoms with Crippen molar-refractivity contribution >= 4 is 28.5 Å². The lowest BCUT2D eigenvalue weighted by Crippen LogP contribution is -2.42. The number of rotatable bonds is 5. The van der Waals surface area contributed by atoms with Gasteiger partial charge in [0.2, 0.25) is 5.91 Å². The smallest absolute Gasteiger partial charge is 0.356 e. The summed E-state index contributed by atoms with van der Waals surface area (Å²) in [6.45, 7) is 3.36. The van der Waals surface area contributed by atoms with E-state index in [9.17, 15) is 9.59 Å². The molecular weight excluding hydrogens is 334 g/mol. The van der Waals surface area contributed by atoms with Crippen LogP contribution in [0.1, 0.15) is 36.7 Å². The molecule has 0 unspecified atom stereocenters. The highest BCUT2D eigenvalue weighted by molar-refractivity contribution is 6.11. The zero-order chi connectivity index (χ0) is 18.7. The van der Waals surface area contributed by atoms with Gasteiger partial charge in [0.15, 0.2) is 0 Å². The van der Waals surface area contributed by atoms with Crippen molar-refractivity contribution in [2.45, 2.75) is 32.2 Å². The second-order valence-electron chi connectivity index (χ2n) is 6.64. The van der Waals surface area contributed by atoms with Crippen LogP contribution in [0.25, 0.3) is 10.9 Å². The molecule has 7 nitrogen and oxygen atoms in total. The van der Waals surface area contributed by atoms with E-state index in [0.29, 0.717) is 29.4 Å². The van der Waals surface area contributed by atoms with Crippen molar-refractivity contribution in [2.24, 2.45) is 0 Å². The van der Waals surface area contributed by atoms with Crippen molar-refractivity contribution in [1.82, 2.24) is 9.88 Å². The normalized spacial score (nSPS) is 17.9. The van der Waals surface area contributed by atoms with Crippen LogP contribution in [-0.4, -0.2) is 55.1 Å². The number of benzene rings is 1. The lowest BCUT2D eigenvalue weighted by atomic mass is 10.0. The monoisotopic (exact) mass is 359 g/mol. The second kappa shape index (κ2) is 7.78. The van der Waals surface area contributed by atoms with Crippen LogP contribution in [0.3, 0.4) is 0 Å². The van der Waals surface area contributed by atoms with E-state index in [-0.39, 0.29) is 11.6 Å². The van der Waals surface area contributed by atoms with Crippen LogP contribution < -0.4 is 10.1 Å². The maximum atomic E-state index is 12.6. The molecule has 3 rings (SSSR count). The lowest BCUT2D eigenvalue weighted by molar-refractivity contribution is -0.118. The van der Waals surface area contributed by atoms with Crippen LogP contribution in [0, 0.1) is 0 Å². The van der Waals surface area contributed by atoms with Gasteiger partial charge in [0.25, 0.3) is 0 Å². The number of likely N-dealkylation sites (tertiary alicyclic amines) is 1. The summed E-state index contributed by atoms with van der Waals surface area (Å²) >= 11 is 0. The van der Waals surface area contributed by atoms with Crippen molar-refractivity contribution < 1.29 is 19.1 Å².